The lowest BCUT2D eigenvalue weighted by molar-refractivity contribution is -0.143. The van der Waals surface area contributed by atoms with Crippen molar-refractivity contribution in [2.45, 2.75) is 87.8 Å². The van der Waals surface area contributed by atoms with Gasteiger partial charge in [-0.2, -0.15) is 0 Å². The molecule has 0 spiro atoms. The Morgan fingerprint density at radius 2 is 1.00 bits per heavy atom. The van der Waals surface area contributed by atoms with E-state index in [4.69, 9.17) is 0 Å². The Bertz CT molecular complexity index is 393. The summed E-state index contributed by atoms with van der Waals surface area (Å²) in [5, 5.41) is -0.582. The van der Waals surface area contributed by atoms with E-state index < -0.39 is 5.54 Å². The van der Waals surface area contributed by atoms with E-state index in [0.717, 1.165) is 0 Å². The van der Waals surface area contributed by atoms with Gasteiger partial charge in [-0.3, -0.25) is 14.5 Å². The molecule has 0 aromatic carbocycles. The highest BCUT2D eigenvalue weighted by Gasteiger charge is 2.53. The van der Waals surface area contributed by atoms with Crippen molar-refractivity contribution in [2.24, 2.45) is 0 Å². The van der Waals surface area contributed by atoms with E-state index in [2.05, 4.69) is 41.5 Å². The topological polar surface area (TPSA) is 37.4 Å². The standard InChI is InChI=1S/C16H29NO2S2/c1-14(2,3)17-12(18)10(20-15(4,5)6)11(13(17)19)21-16(7,8)9/h10-11H,1-9H3. The summed E-state index contributed by atoms with van der Waals surface area (Å²) >= 11 is 3.22. The lowest BCUT2D eigenvalue weighted by Gasteiger charge is -2.30. The van der Waals surface area contributed by atoms with Crippen molar-refractivity contribution in [3.8, 4) is 0 Å². The van der Waals surface area contributed by atoms with Gasteiger partial charge in [0.05, 0.1) is 0 Å². The first kappa shape index (κ1) is 18.9. The number of hydrogen-bond acceptors (Lipinski definition) is 4. The third-order valence-corrected chi connectivity index (χ3v) is 5.88. The molecule has 0 radical (unpaired) electrons. The van der Waals surface area contributed by atoms with Gasteiger partial charge >= 0.3 is 0 Å². The average molecular weight is 332 g/mol. The molecule has 2 unspecified atom stereocenters. The van der Waals surface area contributed by atoms with Crippen molar-refractivity contribution >= 4 is 35.3 Å². The molecule has 1 saturated heterocycles. The Kier molecular flexibility index (Phi) is 5.22. The van der Waals surface area contributed by atoms with Crippen molar-refractivity contribution in [3.63, 3.8) is 0 Å². The molecule has 2 atom stereocenters. The molecule has 2 amide bonds. The second-order valence-electron chi connectivity index (χ2n) is 8.48. The monoisotopic (exact) mass is 331 g/mol. The quantitative estimate of drug-likeness (QED) is 0.718. The lowest BCUT2D eigenvalue weighted by Crippen LogP contribution is -2.46. The minimum atomic E-state index is -0.460. The minimum absolute atomic E-state index is 0.0332. The predicted molar refractivity (Wildman–Crippen MR) is 93.9 cm³/mol. The Labute approximate surface area is 138 Å². The molecule has 3 nitrogen and oxygen atoms in total. The van der Waals surface area contributed by atoms with Crippen LogP contribution in [0.25, 0.3) is 0 Å². The first-order valence-electron chi connectivity index (χ1n) is 7.37. The van der Waals surface area contributed by atoms with E-state index in [1.54, 1.807) is 23.5 Å². The fourth-order valence-electron chi connectivity index (χ4n) is 2.27. The molecule has 21 heavy (non-hydrogen) atoms. The van der Waals surface area contributed by atoms with E-state index in [-0.39, 0.29) is 31.8 Å². The molecule has 0 aromatic heterocycles. The molecule has 1 aliphatic heterocycles. The zero-order valence-electron chi connectivity index (χ0n) is 14.7. The largest absolute Gasteiger partial charge is 0.275 e. The number of hydrogen-bond donors (Lipinski definition) is 0. The van der Waals surface area contributed by atoms with Gasteiger partial charge < -0.3 is 0 Å². The molecular formula is C16H29NO2S2. The van der Waals surface area contributed by atoms with Crippen molar-refractivity contribution in [3.05, 3.63) is 0 Å². The molecule has 1 heterocycles. The third kappa shape index (κ3) is 4.92. The summed E-state index contributed by atoms with van der Waals surface area (Å²) in [5.74, 6) is -0.0663. The Balaban J connectivity index is 3.17. The van der Waals surface area contributed by atoms with Crippen LogP contribution in [-0.4, -0.2) is 42.2 Å². The van der Waals surface area contributed by atoms with Gasteiger partial charge in [0.15, 0.2) is 0 Å². The second kappa shape index (κ2) is 5.80. The Morgan fingerprint density at radius 1 is 0.714 bits per heavy atom. The number of imide groups is 1. The fraction of sp³-hybridized carbons (Fsp3) is 0.875. The first-order chi connectivity index (χ1) is 9.13. The van der Waals surface area contributed by atoms with Crippen LogP contribution in [0.4, 0.5) is 0 Å². The maximum Gasteiger partial charge on any atom is 0.244 e. The van der Waals surface area contributed by atoms with E-state index in [9.17, 15) is 9.59 Å². The summed E-state index contributed by atoms with van der Waals surface area (Å²) < 4.78 is -0.101. The first-order valence-corrected chi connectivity index (χ1v) is 9.13. The van der Waals surface area contributed by atoms with Crippen LogP contribution in [-0.2, 0) is 9.59 Å². The van der Waals surface area contributed by atoms with Crippen molar-refractivity contribution in [1.82, 2.24) is 4.90 Å². The smallest absolute Gasteiger partial charge is 0.244 e. The van der Waals surface area contributed by atoms with Gasteiger partial charge in [-0.05, 0) is 20.8 Å². The molecule has 5 heteroatoms. The number of nitrogens with zero attached hydrogens (tertiary/aromatic N) is 1. The summed E-state index contributed by atoms with van der Waals surface area (Å²) in [5.41, 5.74) is -0.460. The van der Waals surface area contributed by atoms with Gasteiger partial charge in [-0.25, -0.2) is 0 Å². The average Bonchev–Trinajstić information content (AvgIpc) is 2.37. The van der Waals surface area contributed by atoms with E-state index in [1.165, 1.54) is 4.90 Å². The molecule has 0 aromatic rings. The van der Waals surface area contributed by atoms with Crippen LogP contribution in [0.15, 0.2) is 0 Å². The molecule has 0 aliphatic carbocycles. The van der Waals surface area contributed by atoms with Gasteiger partial charge in [0.25, 0.3) is 0 Å². The zero-order chi connectivity index (χ0) is 16.8. The number of carbonyl (C=O) groups is 2. The summed E-state index contributed by atoms with van der Waals surface area (Å²) in [6.07, 6.45) is 0. The normalized spacial score (nSPS) is 24.9. The van der Waals surface area contributed by atoms with E-state index >= 15 is 0 Å². The van der Waals surface area contributed by atoms with Crippen LogP contribution >= 0.6 is 23.5 Å². The molecular weight excluding hydrogens is 302 g/mol. The van der Waals surface area contributed by atoms with Crippen LogP contribution in [0.3, 0.4) is 0 Å². The Morgan fingerprint density at radius 3 is 1.19 bits per heavy atom. The molecule has 1 rings (SSSR count). The molecule has 122 valence electrons. The number of carbonyl (C=O) groups excluding carboxylic acids is 2. The molecule has 0 saturated carbocycles. The Hall–Kier alpha value is -0.160. The molecule has 0 N–H and O–H groups in total. The highest BCUT2D eigenvalue weighted by molar-refractivity contribution is 8.06. The SMILES string of the molecule is CC(C)(C)SC1C(=O)N(C(C)(C)C)C(=O)C1SC(C)(C)C. The molecule has 0 bridgehead atoms. The number of amides is 2. The predicted octanol–water partition coefficient (Wildman–Crippen LogP) is 3.95. The van der Waals surface area contributed by atoms with Crippen LogP contribution in [0, 0.1) is 0 Å². The summed E-state index contributed by atoms with van der Waals surface area (Å²) in [6, 6.07) is 0. The molecule has 1 fully saturated rings. The summed E-state index contributed by atoms with van der Waals surface area (Å²) in [7, 11) is 0. The lowest BCUT2D eigenvalue weighted by atomic mass is 10.1. The fourth-order valence-corrected chi connectivity index (χ4v) is 5.02. The van der Waals surface area contributed by atoms with Gasteiger partial charge in [-0.15, -0.1) is 23.5 Å². The van der Waals surface area contributed by atoms with E-state index in [0.29, 0.717) is 0 Å². The zero-order valence-corrected chi connectivity index (χ0v) is 16.4. The highest BCUT2D eigenvalue weighted by Crippen LogP contribution is 2.44. The maximum atomic E-state index is 12.8. The van der Waals surface area contributed by atoms with Crippen LogP contribution < -0.4 is 0 Å². The van der Waals surface area contributed by atoms with Crippen molar-refractivity contribution in [1.29, 1.82) is 0 Å². The number of likely N-dealkylation sites (tertiary alicyclic amines) is 1. The minimum Gasteiger partial charge on any atom is -0.275 e. The summed E-state index contributed by atoms with van der Waals surface area (Å²) in [4.78, 5) is 27.1. The van der Waals surface area contributed by atoms with Crippen LogP contribution in [0.1, 0.15) is 62.3 Å². The van der Waals surface area contributed by atoms with Crippen molar-refractivity contribution in [2.75, 3.05) is 0 Å². The van der Waals surface area contributed by atoms with Gasteiger partial charge in [-0.1, -0.05) is 41.5 Å². The van der Waals surface area contributed by atoms with Crippen molar-refractivity contribution < 1.29 is 9.59 Å². The highest BCUT2D eigenvalue weighted by atomic mass is 32.2. The maximum absolute atomic E-state index is 12.8. The summed E-state index contributed by atoms with van der Waals surface area (Å²) in [6.45, 7) is 18.3. The second-order valence-corrected chi connectivity index (χ2v) is 12.4. The van der Waals surface area contributed by atoms with Crippen LogP contribution in [0.5, 0.6) is 0 Å². The number of thioether (sulfide) groups is 2. The van der Waals surface area contributed by atoms with Gasteiger partial charge in [0, 0.05) is 15.0 Å². The third-order valence-electron chi connectivity index (χ3n) is 2.83. The van der Waals surface area contributed by atoms with Gasteiger partial charge in [0.2, 0.25) is 11.8 Å². The van der Waals surface area contributed by atoms with Crippen LogP contribution in [0.2, 0.25) is 0 Å². The van der Waals surface area contributed by atoms with Gasteiger partial charge in [0.1, 0.15) is 10.5 Å². The number of rotatable bonds is 2. The molecule has 1 aliphatic rings. The van der Waals surface area contributed by atoms with E-state index in [1.807, 2.05) is 20.8 Å².